The van der Waals surface area contributed by atoms with Gasteiger partial charge in [-0.1, -0.05) is 48.5 Å². The molecular weight excluding hydrogens is 465 g/mol. The molecule has 5 rings (SSSR count). The molecule has 0 aliphatic carbocycles. The van der Waals surface area contributed by atoms with Gasteiger partial charge in [0.25, 0.3) is 0 Å². The summed E-state index contributed by atoms with van der Waals surface area (Å²) in [4.78, 5) is 17.1. The first-order valence-corrected chi connectivity index (χ1v) is 12.8. The van der Waals surface area contributed by atoms with Crippen LogP contribution in [0.3, 0.4) is 0 Å². The normalized spacial score (nSPS) is 14.0. The number of alkyl halides is 1. The Balaban J connectivity index is 1.15. The van der Waals surface area contributed by atoms with E-state index in [1.165, 1.54) is 0 Å². The monoisotopic (exact) mass is 497 g/mol. The minimum atomic E-state index is -0.339. The average molecular weight is 498 g/mol. The molecule has 1 saturated heterocycles. The van der Waals surface area contributed by atoms with E-state index in [9.17, 15) is 9.18 Å². The molecule has 6 heteroatoms. The largest absolute Gasteiger partial charge is 0.489 e. The van der Waals surface area contributed by atoms with Crippen LogP contribution in [0.4, 0.5) is 10.1 Å². The van der Waals surface area contributed by atoms with Crippen LogP contribution in [0.15, 0.2) is 91.1 Å². The van der Waals surface area contributed by atoms with Gasteiger partial charge in [0, 0.05) is 67.2 Å². The van der Waals surface area contributed by atoms with Crippen molar-refractivity contribution in [3.8, 4) is 5.75 Å². The number of hydrogen-bond donors (Lipinski definition) is 0. The van der Waals surface area contributed by atoms with Crippen LogP contribution in [0.25, 0.3) is 17.0 Å². The van der Waals surface area contributed by atoms with Crippen molar-refractivity contribution in [3.63, 3.8) is 0 Å². The maximum Gasteiger partial charge on any atom is 0.246 e. The summed E-state index contributed by atoms with van der Waals surface area (Å²) in [5, 5.41) is 1.08. The third kappa shape index (κ3) is 6.02. The van der Waals surface area contributed by atoms with E-state index in [1.807, 2.05) is 71.8 Å². The van der Waals surface area contributed by atoms with Crippen LogP contribution in [0, 0.1) is 0 Å². The van der Waals surface area contributed by atoms with Crippen LogP contribution in [0.1, 0.15) is 17.5 Å². The number of amides is 1. The molecule has 4 aromatic rings. The van der Waals surface area contributed by atoms with Gasteiger partial charge in [-0.3, -0.25) is 9.18 Å². The summed E-state index contributed by atoms with van der Waals surface area (Å²) in [7, 11) is 0. The molecule has 0 unspecified atom stereocenters. The number of aryl methyl sites for hydroxylation is 1. The SMILES string of the molecule is O=C(/C=C/c1cn(CCCF)c2ccccc12)N1CCN(c2ccc(OCc3ccccc3)cc2)CC1. The molecule has 1 aliphatic heterocycles. The van der Waals surface area contributed by atoms with Crippen LogP contribution in [0.2, 0.25) is 0 Å². The van der Waals surface area contributed by atoms with Crippen molar-refractivity contribution in [2.75, 3.05) is 37.8 Å². The van der Waals surface area contributed by atoms with Gasteiger partial charge in [-0.05, 0) is 48.4 Å². The lowest BCUT2D eigenvalue weighted by atomic mass is 10.1. The first kappa shape index (κ1) is 24.6. The molecule has 0 saturated carbocycles. The Morgan fingerprint density at radius 1 is 0.892 bits per heavy atom. The minimum absolute atomic E-state index is 0.0184. The van der Waals surface area contributed by atoms with Crippen LogP contribution in [-0.2, 0) is 17.9 Å². The molecule has 190 valence electrons. The number of hydrogen-bond acceptors (Lipinski definition) is 3. The van der Waals surface area contributed by atoms with E-state index in [0.29, 0.717) is 32.7 Å². The minimum Gasteiger partial charge on any atom is -0.489 e. The number of fused-ring (bicyclic) bond motifs is 1. The van der Waals surface area contributed by atoms with Crippen LogP contribution in [-0.4, -0.2) is 48.2 Å². The van der Waals surface area contributed by atoms with Crippen molar-refractivity contribution < 1.29 is 13.9 Å². The predicted molar refractivity (Wildman–Crippen MR) is 148 cm³/mol. The van der Waals surface area contributed by atoms with Gasteiger partial charge in [-0.15, -0.1) is 0 Å². The number of anilines is 1. The molecule has 0 atom stereocenters. The topological polar surface area (TPSA) is 37.7 Å². The zero-order valence-corrected chi connectivity index (χ0v) is 20.9. The molecule has 1 aromatic heterocycles. The van der Waals surface area contributed by atoms with E-state index in [0.717, 1.165) is 46.6 Å². The zero-order chi connectivity index (χ0) is 25.5. The molecule has 5 nitrogen and oxygen atoms in total. The molecule has 0 bridgehead atoms. The highest BCUT2D eigenvalue weighted by atomic mass is 19.1. The maximum absolute atomic E-state index is 12.9. The van der Waals surface area contributed by atoms with Crippen molar-refractivity contribution in [2.24, 2.45) is 0 Å². The molecular formula is C31H32FN3O2. The maximum atomic E-state index is 12.9. The van der Waals surface area contributed by atoms with Crippen molar-refractivity contribution in [3.05, 3.63) is 102 Å². The number of aromatic nitrogens is 1. The van der Waals surface area contributed by atoms with Gasteiger partial charge in [0.05, 0.1) is 6.67 Å². The van der Waals surface area contributed by atoms with Gasteiger partial charge < -0.3 is 19.1 Å². The number of carbonyl (C=O) groups is 1. The first-order valence-electron chi connectivity index (χ1n) is 12.8. The van der Waals surface area contributed by atoms with Crippen LogP contribution < -0.4 is 9.64 Å². The van der Waals surface area contributed by atoms with Gasteiger partial charge >= 0.3 is 0 Å². The molecule has 3 aromatic carbocycles. The number of nitrogens with zero attached hydrogens (tertiary/aromatic N) is 3. The summed E-state index contributed by atoms with van der Waals surface area (Å²) in [5.74, 6) is 0.863. The molecule has 0 spiro atoms. The second kappa shape index (κ2) is 11.8. The standard InChI is InChI=1S/C31H32FN3O2/c32-17-6-18-35-23-26(29-9-4-5-10-30(29)35)11-16-31(36)34-21-19-33(20-22-34)27-12-14-28(15-13-27)37-24-25-7-2-1-3-8-25/h1-5,7-16,23H,6,17-22,24H2/b16-11+. The lowest BCUT2D eigenvalue weighted by molar-refractivity contribution is -0.126. The zero-order valence-electron chi connectivity index (χ0n) is 20.9. The Morgan fingerprint density at radius 2 is 1.62 bits per heavy atom. The molecule has 0 N–H and O–H groups in total. The highest BCUT2D eigenvalue weighted by molar-refractivity contribution is 5.96. The summed E-state index contributed by atoms with van der Waals surface area (Å²) in [6, 6.07) is 26.3. The highest BCUT2D eigenvalue weighted by Crippen LogP contribution is 2.24. The Bertz CT molecular complexity index is 1340. The molecule has 37 heavy (non-hydrogen) atoms. The van der Waals surface area contributed by atoms with E-state index in [2.05, 4.69) is 33.7 Å². The highest BCUT2D eigenvalue weighted by Gasteiger charge is 2.20. The summed E-state index contributed by atoms with van der Waals surface area (Å²) < 4.78 is 20.7. The smallest absolute Gasteiger partial charge is 0.246 e. The first-order chi connectivity index (χ1) is 18.2. The number of benzene rings is 3. The Hall–Kier alpha value is -4.06. The summed E-state index contributed by atoms with van der Waals surface area (Å²) in [6.07, 6.45) is 6.04. The fraction of sp³-hybridized carbons (Fsp3) is 0.258. The molecule has 1 fully saturated rings. The third-order valence-corrected chi connectivity index (χ3v) is 6.80. The van der Waals surface area contributed by atoms with E-state index in [1.54, 1.807) is 6.08 Å². The number of ether oxygens (including phenoxy) is 1. The van der Waals surface area contributed by atoms with Crippen molar-refractivity contribution in [2.45, 2.75) is 19.6 Å². The number of halogens is 1. The average Bonchev–Trinajstić information content (AvgIpc) is 3.32. The second-order valence-electron chi connectivity index (χ2n) is 9.25. The van der Waals surface area contributed by atoms with Crippen molar-refractivity contribution >= 4 is 28.6 Å². The number of piperazine rings is 1. The van der Waals surface area contributed by atoms with Gasteiger partial charge in [0.1, 0.15) is 12.4 Å². The van der Waals surface area contributed by atoms with E-state index >= 15 is 0 Å². The molecule has 0 radical (unpaired) electrons. The van der Waals surface area contributed by atoms with Gasteiger partial charge in [-0.25, -0.2) is 0 Å². The van der Waals surface area contributed by atoms with E-state index < -0.39 is 0 Å². The van der Waals surface area contributed by atoms with Gasteiger partial charge in [-0.2, -0.15) is 0 Å². The Morgan fingerprint density at radius 3 is 2.38 bits per heavy atom. The van der Waals surface area contributed by atoms with Gasteiger partial charge in [0.2, 0.25) is 5.91 Å². The van der Waals surface area contributed by atoms with E-state index in [-0.39, 0.29) is 12.6 Å². The number of carbonyl (C=O) groups excluding carboxylic acids is 1. The lowest BCUT2D eigenvalue weighted by Gasteiger charge is -2.35. The summed E-state index contributed by atoms with van der Waals surface area (Å²) in [6.45, 7) is 3.75. The van der Waals surface area contributed by atoms with Crippen molar-refractivity contribution in [1.29, 1.82) is 0 Å². The molecule has 1 amide bonds. The Kier molecular flexibility index (Phi) is 7.84. The molecule has 2 heterocycles. The van der Waals surface area contributed by atoms with E-state index in [4.69, 9.17) is 4.74 Å². The fourth-order valence-corrected chi connectivity index (χ4v) is 4.77. The summed E-state index contributed by atoms with van der Waals surface area (Å²) in [5.41, 5.74) is 4.32. The summed E-state index contributed by atoms with van der Waals surface area (Å²) >= 11 is 0. The van der Waals surface area contributed by atoms with Crippen LogP contribution >= 0.6 is 0 Å². The van der Waals surface area contributed by atoms with Gasteiger partial charge in [0.15, 0.2) is 0 Å². The number of rotatable bonds is 9. The Labute approximate surface area is 217 Å². The fourth-order valence-electron chi connectivity index (χ4n) is 4.77. The molecule has 1 aliphatic rings. The quantitative estimate of drug-likeness (QED) is 0.269. The lowest BCUT2D eigenvalue weighted by Crippen LogP contribution is -2.48. The third-order valence-electron chi connectivity index (χ3n) is 6.80. The predicted octanol–water partition coefficient (Wildman–Crippen LogP) is 5.94. The number of para-hydroxylation sites is 1. The second-order valence-corrected chi connectivity index (χ2v) is 9.25. The van der Waals surface area contributed by atoms with Crippen molar-refractivity contribution in [1.82, 2.24) is 9.47 Å². The van der Waals surface area contributed by atoms with Crippen LogP contribution in [0.5, 0.6) is 5.75 Å².